The van der Waals surface area contributed by atoms with Crippen LogP contribution in [-0.2, 0) is 4.74 Å². The molecule has 0 amide bonds. The Labute approximate surface area is 178 Å². The molecule has 6 heteroatoms. The minimum Gasteiger partial charge on any atom is -0.384 e. The molecule has 1 aromatic rings. The van der Waals surface area contributed by atoms with Gasteiger partial charge in [-0.25, -0.2) is 9.67 Å². The Balaban J connectivity index is 0. The van der Waals surface area contributed by atoms with Crippen LogP contribution in [0, 0.1) is 17.2 Å². The lowest BCUT2D eigenvalue weighted by molar-refractivity contribution is 0.0209. The number of hydrogen-bond donors (Lipinski definition) is 1. The number of hydrogen-bond acceptors (Lipinski definition) is 5. The number of aliphatic imine (C=N–C) groups is 1. The maximum atomic E-state index is 9.35. The number of methoxy groups -OCH3 is 1. The van der Waals surface area contributed by atoms with E-state index in [4.69, 9.17) is 10.5 Å². The van der Waals surface area contributed by atoms with Crippen LogP contribution < -0.4 is 5.73 Å². The van der Waals surface area contributed by atoms with Gasteiger partial charge in [-0.15, -0.1) is 0 Å². The first kappa shape index (κ1) is 29.1. The molecule has 0 aliphatic carbocycles. The Hall–Kier alpha value is -2.13. The van der Waals surface area contributed by atoms with Gasteiger partial charge >= 0.3 is 0 Å². The zero-order valence-electron chi connectivity index (χ0n) is 19.7. The van der Waals surface area contributed by atoms with E-state index in [0.717, 1.165) is 19.3 Å². The van der Waals surface area contributed by atoms with Gasteiger partial charge in [-0.2, -0.15) is 10.4 Å². The number of unbranched alkanes of at least 4 members (excludes halogenated alkanes) is 2. The quantitative estimate of drug-likeness (QED) is 0.436. The van der Waals surface area contributed by atoms with Crippen LogP contribution >= 0.6 is 0 Å². The summed E-state index contributed by atoms with van der Waals surface area (Å²) < 4.78 is 6.91. The van der Waals surface area contributed by atoms with Crippen molar-refractivity contribution in [1.82, 2.24) is 9.78 Å². The van der Waals surface area contributed by atoms with Crippen LogP contribution in [-0.4, -0.2) is 28.7 Å². The van der Waals surface area contributed by atoms with Crippen LogP contribution in [0.4, 0.5) is 5.82 Å². The van der Waals surface area contributed by atoms with Crippen molar-refractivity contribution in [2.24, 2.45) is 16.6 Å². The fraction of sp³-hybridized carbons (Fsp3) is 0.696. The molecular weight excluding hydrogens is 362 g/mol. The number of nitrogens with zero attached hydrogens (tertiary/aromatic N) is 4. The van der Waals surface area contributed by atoms with Gasteiger partial charge in [-0.3, -0.25) is 0 Å². The molecule has 1 heterocycles. The average Bonchev–Trinajstić information content (AvgIpc) is 3.21. The molecule has 0 fully saturated rings. The molecule has 0 saturated heterocycles. The molecule has 0 radical (unpaired) electrons. The molecule has 2 N–H and O–H groups in total. The molecule has 0 aromatic carbocycles. The Morgan fingerprint density at radius 2 is 1.97 bits per heavy atom. The van der Waals surface area contributed by atoms with Gasteiger partial charge in [0.25, 0.3) is 0 Å². The van der Waals surface area contributed by atoms with Crippen LogP contribution in [0.25, 0.3) is 5.82 Å². The third kappa shape index (κ3) is 12.1. The summed E-state index contributed by atoms with van der Waals surface area (Å²) in [6.07, 6.45) is 10.7. The van der Waals surface area contributed by atoms with Crippen molar-refractivity contribution in [3.63, 3.8) is 0 Å². The fourth-order valence-corrected chi connectivity index (χ4v) is 2.60. The maximum Gasteiger partial charge on any atom is 0.156 e. The second kappa shape index (κ2) is 17.9. The van der Waals surface area contributed by atoms with Crippen molar-refractivity contribution >= 4 is 17.9 Å². The first-order chi connectivity index (χ1) is 13.9. The van der Waals surface area contributed by atoms with Gasteiger partial charge in [0, 0.05) is 19.4 Å². The number of nitrogens with two attached hydrogens (primary N) is 1. The normalized spacial score (nSPS) is 13.3. The third-order valence-electron chi connectivity index (χ3n) is 4.32. The molecule has 6 nitrogen and oxygen atoms in total. The van der Waals surface area contributed by atoms with E-state index in [-0.39, 0.29) is 5.92 Å². The highest BCUT2D eigenvalue weighted by atomic mass is 16.5. The molecule has 29 heavy (non-hydrogen) atoms. The average molecular weight is 406 g/mol. The van der Waals surface area contributed by atoms with Crippen molar-refractivity contribution in [1.29, 1.82) is 5.26 Å². The molecular formula is C23H43N5O. The van der Waals surface area contributed by atoms with E-state index in [1.54, 1.807) is 19.4 Å². The van der Waals surface area contributed by atoms with Crippen molar-refractivity contribution in [2.45, 2.75) is 92.1 Å². The molecule has 0 saturated carbocycles. The number of ether oxygens (including phenoxy) is 1. The highest BCUT2D eigenvalue weighted by molar-refractivity contribution is 5.65. The maximum absolute atomic E-state index is 9.35. The van der Waals surface area contributed by atoms with Crippen molar-refractivity contribution in [3.05, 3.63) is 18.8 Å². The van der Waals surface area contributed by atoms with Crippen molar-refractivity contribution < 1.29 is 4.74 Å². The van der Waals surface area contributed by atoms with Gasteiger partial charge in [0.05, 0.1) is 12.3 Å². The Morgan fingerprint density at radius 3 is 2.38 bits per heavy atom. The van der Waals surface area contributed by atoms with Gasteiger partial charge in [-0.05, 0) is 25.2 Å². The predicted molar refractivity (Wildman–Crippen MR) is 125 cm³/mol. The standard InChI is InChI=1S/C16H25N5O.C5H12.C2H6/c1-5-8-16(12-17,22-4)9-6-13(2)11-19-15-7-10-20-21(15)14(3)18;1-3-5-4-2;1-2/h7,10-11,13H,3,5-6,8-9,18H2,1-2,4H3;3-5H2,1-2H3;1-2H3/b19-11+;;. The minimum atomic E-state index is -0.690. The van der Waals surface area contributed by atoms with Crippen LogP contribution in [0.1, 0.15) is 86.5 Å². The SMILES string of the molecule is C=C(N)n1nccc1/N=C/C(C)CCC(C#N)(CCC)OC.CC.CCCCC. The summed E-state index contributed by atoms with van der Waals surface area (Å²) in [5.41, 5.74) is 4.94. The first-order valence-corrected chi connectivity index (χ1v) is 10.9. The highest BCUT2D eigenvalue weighted by Gasteiger charge is 2.28. The van der Waals surface area contributed by atoms with E-state index in [0.29, 0.717) is 18.1 Å². The molecule has 0 aliphatic heterocycles. The molecule has 1 aromatic heterocycles. The van der Waals surface area contributed by atoms with Gasteiger partial charge < -0.3 is 10.5 Å². The molecule has 0 bridgehead atoms. The fourth-order valence-electron chi connectivity index (χ4n) is 2.60. The molecule has 2 atom stereocenters. The van der Waals surface area contributed by atoms with E-state index in [9.17, 15) is 5.26 Å². The second-order valence-corrected chi connectivity index (χ2v) is 6.80. The summed E-state index contributed by atoms with van der Waals surface area (Å²) in [7, 11) is 1.60. The summed E-state index contributed by atoms with van der Waals surface area (Å²) in [5.74, 6) is 1.19. The molecule has 166 valence electrons. The lowest BCUT2D eigenvalue weighted by atomic mass is 9.90. The summed E-state index contributed by atoms with van der Waals surface area (Å²) in [6.45, 7) is 16.2. The molecule has 0 spiro atoms. The molecule has 0 aliphatic rings. The Morgan fingerprint density at radius 1 is 1.34 bits per heavy atom. The smallest absolute Gasteiger partial charge is 0.156 e. The van der Waals surface area contributed by atoms with E-state index < -0.39 is 5.60 Å². The van der Waals surface area contributed by atoms with Crippen LogP contribution in [0.5, 0.6) is 0 Å². The van der Waals surface area contributed by atoms with Crippen molar-refractivity contribution in [3.8, 4) is 6.07 Å². The third-order valence-corrected chi connectivity index (χ3v) is 4.32. The van der Waals surface area contributed by atoms with E-state index in [1.807, 2.05) is 20.1 Å². The van der Waals surface area contributed by atoms with E-state index >= 15 is 0 Å². The topological polar surface area (TPSA) is 89.2 Å². The highest BCUT2D eigenvalue weighted by Crippen LogP contribution is 2.25. The Kier molecular flexibility index (Phi) is 18.0. The van der Waals surface area contributed by atoms with Gasteiger partial charge in [0.1, 0.15) is 5.82 Å². The van der Waals surface area contributed by atoms with Gasteiger partial charge in [0.15, 0.2) is 11.4 Å². The predicted octanol–water partition coefficient (Wildman–Crippen LogP) is 6.32. The van der Waals surface area contributed by atoms with Crippen molar-refractivity contribution in [2.75, 3.05) is 7.11 Å². The second-order valence-electron chi connectivity index (χ2n) is 6.80. The van der Waals surface area contributed by atoms with Crippen LogP contribution in [0.15, 0.2) is 23.8 Å². The number of rotatable bonds is 11. The summed E-state index contributed by atoms with van der Waals surface area (Å²) >= 11 is 0. The summed E-state index contributed by atoms with van der Waals surface area (Å²) in [6, 6.07) is 4.08. The van der Waals surface area contributed by atoms with E-state index in [1.165, 1.54) is 23.9 Å². The van der Waals surface area contributed by atoms with Gasteiger partial charge in [-0.1, -0.05) is 73.8 Å². The minimum absolute atomic E-state index is 0.217. The molecule has 1 rings (SSSR count). The molecule has 2 unspecified atom stereocenters. The lowest BCUT2D eigenvalue weighted by Gasteiger charge is -2.25. The monoisotopic (exact) mass is 405 g/mol. The lowest BCUT2D eigenvalue weighted by Crippen LogP contribution is -2.29. The van der Waals surface area contributed by atoms with Crippen LogP contribution in [0.2, 0.25) is 0 Å². The summed E-state index contributed by atoms with van der Waals surface area (Å²) in [5, 5.41) is 13.4. The summed E-state index contributed by atoms with van der Waals surface area (Å²) in [4.78, 5) is 4.40. The number of aromatic nitrogens is 2. The zero-order chi connectivity index (χ0) is 22.7. The number of nitriles is 1. The first-order valence-electron chi connectivity index (χ1n) is 10.9. The zero-order valence-corrected chi connectivity index (χ0v) is 19.7. The Bertz CT molecular complexity index is 601. The largest absolute Gasteiger partial charge is 0.384 e. The van der Waals surface area contributed by atoms with Gasteiger partial charge in [0.2, 0.25) is 0 Å². The van der Waals surface area contributed by atoms with Crippen LogP contribution in [0.3, 0.4) is 0 Å². The van der Waals surface area contributed by atoms with E-state index in [2.05, 4.69) is 50.4 Å².